The number of allylic oxidation sites excluding steroid dienone is 1. The van der Waals surface area contributed by atoms with Gasteiger partial charge in [-0.15, -0.1) is 0 Å². The monoisotopic (exact) mass is 500 g/mol. The Kier molecular flexibility index (Phi) is 7.93. The summed E-state index contributed by atoms with van der Waals surface area (Å²) in [5.74, 6) is -0.248. The number of hydrogen-bond donors (Lipinski definition) is 5. The first-order chi connectivity index (χ1) is 16.8. The highest BCUT2D eigenvalue weighted by atomic mass is 32.2. The standard InChI is InChI=1S/C25H36N6O3S/c1-2-35(33,34)31-10-6-17(7-11-31)23-16-30-24-21(23)12-18(13-22(24)25(27)32)19(14-26)15-28-8-9-29-20-4-3-5-20/h12-17,20,26,28-30H,2-11H2,1H3,(H2,27,32)/b19-15+,26-14?. The van der Waals surface area contributed by atoms with Crippen LogP contribution in [0.5, 0.6) is 0 Å². The quantitative estimate of drug-likeness (QED) is 0.238. The Labute approximate surface area is 207 Å². The number of nitrogens with zero attached hydrogens (tertiary/aromatic N) is 1. The van der Waals surface area contributed by atoms with E-state index in [9.17, 15) is 13.2 Å². The van der Waals surface area contributed by atoms with Crippen LogP contribution in [0, 0.1) is 5.41 Å². The molecule has 10 heteroatoms. The van der Waals surface area contributed by atoms with Crippen LogP contribution < -0.4 is 16.4 Å². The Hall–Kier alpha value is -2.69. The van der Waals surface area contributed by atoms with Crippen molar-refractivity contribution in [2.75, 3.05) is 31.9 Å². The summed E-state index contributed by atoms with van der Waals surface area (Å²) in [4.78, 5) is 15.5. The number of nitrogens with one attached hydrogen (secondary N) is 4. The third-order valence-corrected chi connectivity index (χ3v) is 9.17. The zero-order chi connectivity index (χ0) is 25.0. The fourth-order valence-electron chi connectivity index (χ4n) is 4.93. The van der Waals surface area contributed by atoms with Gasteiger partial charge in [0.2, 0.25) is 10.0 Å². The molecule has 1 saturated carbocycles. The normalized spacial score (nSPS) is 18.5. The van der Waals surface area contributed by atoms with Gasteiger partial charge >= 0.3 is 0 Å². The zero-order valence-corrected chi connectivity index (χ0v) is 21.1. The molecule has 4 rings (SSSR count). The predicted octanol–water partition coefficient (Wildman–Crippen LogP) is 2.52. The lowest BCUT2D eigenvalue weighted by Gasteiger charge is -2.31. The van der Waals surface area contributed by atoms with E-state index >= 15 is 0 Å². The number of aromatic nitrogens is 1. The Morgan fingerprint density at radius 1 is 1.23 bits per heavy atom. The molecule has 2 aliphatic rings. The van der Waals surface area contributed by atoms with E-state index in [2.05, 4.69) is 15.6 Å². The summed E-state index contributed by atoms with van der Waals surface area (Å²) in [6.45, 7) is 4.24. The van der Waals surface area contributed by atoms with Crippen LogP contribution in [0.2, 0.25) is 0 Å². The van der Waals surface area contributed by atoms with Crippen molar-refractivity contribution in [1.82, 2.24) is 19.9 Å². The molecule has 0 bridgehead atoms. The average molecular weight is 501 g/mol. The molecule has 1 amide bonds. The fraction of sp³-hybridized carbons (Fsp3) is 0.520. The minimum Gasteiger partial charge on any atom is -0.389 e. The van der Waals surface area contributed by atoms with Crippen LogP contribution in [-0.4, -0.2) is 67.8 Å². The molecule has 0 spiro atoms. The van der Waals surface area contributed by atoms with Crippen molar-refractivity contribution in [3.8, 4) is 0 Å². The Morgan fingerprint density at radius 2 is 1.97 bits per heavy atom. The molecule has 0 unspecified atom stereocenters. The van der Waals surface area contributed by atoms with E-state index in [1.165, 1.54) is 25.5 Å². The van der Waals surface area contributed by atoms with Gasteiger partial charge in [-0.05, 0) is 61.8 Å². The highest BCUT2D eigenvalue weighted by Crippen LogP contribution is 2.36. The summed E-state index contributed by atoms with van der Waals surface area (Å²) < 4.78 is 26.1. The molecule has 1 aromatic carbocycles. The Bertz CT molecular complexity index is 1210. The number of benzene rings is 1. The number of hydrogen-bond acceptors (Lipinski definition) is 6. The highest BCUT2D eigenvalue weighted by Gasteiger charge is 2.29. The van der Waals surface area contributed by atoms with Crippen molar-refractivity contribution in [2.24, 2.45) is 5.73 Å². The van der Waals surface area contributed by atoms with Gasteiger partial charge in [0, 0.05) is 61.8 Å². The van der Waals surface area contributed by atoms with E-state index in [4.69, 9.17) is 11.1 Å². The molecule has 1 saturated heterocycles. The summed E-state index contributed by atoms with van der Waals surface area (Å²) in [6.07, 6.45) is 10.2. The summed E-state index contributed by atoms with van der Waals surface area (Å²) in [6, 6.07) is 4.35. The zero-order valence-electron chi connectivity index (χ0n) is 20.3. The second kappa shape index (κ2) is 10.9. The lowest BCUT2D eigenvalue weighted by Crippen LogP contribution is -2.38. The highest BCUT2D eigenvalue weighted by molar-refractivity contribution is 7.89. The minimum atomic E-state index is -3.19. The molecule has 2 fully saturated rings. The summed E-state index contributed by atoms with van der Waals surface area (Å²) in [5, 5.41) is 15.6. The average Bonchev–Trinajstić information content (AvgIpc) is 3.26. The maximum Gasteiger partial charge on any atom is 0.250 e. The molecule has 2 aromatic rings. The molecule has 35 heavy (non-hydrogen) atoms. The molecule has 6 N–H and O–H groups in total. The van der Waals surface area contributed by atoms with Crippen LogP contribution in [0.15, 0.2) is 24.5 Å². The van der Waals surface area contributed by atoms with E-state index in [1.54, 1.807) is 17.3 Å². The van der Waals surface area contributed by atoms with Gasteiger partial charge < -0.3 is 26.8 Å². The number of aromatic amines is 1. The van der Waals surface area contributed by atoms with Crippen molar-refractivity contribution in [3.63, 3.8) is 0 Å². The van der Waals surface area contributed by atoms with E-state index in [0.717, 1.165) is 29.6 Å². The van der Waals surface area contributed by atoms with Crippen molar-refractivity contribution in [3.05, 3.63) is 41.2 Å². The van der Waals surface area contributed by atoms with Crippen LogP contribution in [0.25, 0.3) is 16.5 Å². The van der Waals surface area contributed by atoms with E-state index in [1.807, 2.05) is 18.5 Å². The van der Waals surface area contributed by atoms with E-state index in [0.29, 0.717) is 48.6 Å². The number of sulfonamides is 1. The van der Waals surface area contributed by atoms with Gasteiger partial charge in [0.25, 0.3) is 5.91 Å². The first-order valence-corrected chi connectivity index (χ1v) is 14.1. The lowest BCUT2D eigenvalue weighted by atomic mass is 9.88. The molecular formula is C25H36N6O3S. The van der Waals surface area contributed by atoms with Gasteiger partial charge in [0.15, 0.2) is 0 Å². The number of H-pyrrole nitrogens is 1. The van der Waals surface area contributed by atoms with Gasteiger partial charge in [0.05, 0.1) is 16.8 Å². The number of primary amides is 1. The number of carbonyl (C=O) groups is 1. The molecular weight excluding hydrogens is 464 g/mol. The summed E-state index contributed by atoms with van der Waals surface area (Å²) in [7, 11) is -3.19. The molecule has 1 aliphatic heterocycles. The molecule has 2 heterocycles. The van der Waals surface area contributed by atoms with Gasteiger partial charge in [-0.2, -0.15) is 0 Å². The topological polar surface area (TPSA) is 144 Å². The molecule has 9 nitrogen and oxygen atoms in total. The second-order valence-electron chi connectivity index (χ2n) is 9.41. The van der Waals surface area contributed by atoms with Crippen molar-refractivity contribution in [2.45, 2.75) is 51.0 Å². The van der Waals surface area contributed by atoms with Gasteiger partial charge in [-0.25, -0.2) is 12.7 Å². The van der Waals surface area contributed by atoms with Gasteiger partial charge in [-0.3, -0.25) is 4.79 Å². The summed E-state index contributed by atoms with van der Waals surface area (Å²) in [5.41, 5.74) is 9.24. The van der Waals surface area contributed by atoms with Crippen LogP contribution in [0.4, 0.5) is 0 Å². The number of amides is 1. The van der Waals surface area contributed by atoms with Crippen molar-refractivity contribution in [1.29, 1.82) is 5.41 Å². The molecule has 0 radical (unpaired) electrons. The van der Waals surface area contributed by atoms with E-state index < -0.39 is 15.9 Å². The van der Waals surface area contributed by atoms with Gasteiger partial charge in [0.1, 0.15) is 0 Å². The Balaban J connectivity index is 1.56. The van der Waals surface area contributed by atoms with Crippen LogP contribution in [-0.2, 0) is 10.0 Å². The van der Waals surface area contributed by atoms with Crippen LogP contribution >= 0.6 is 0 Å². The first-order valence-electron chi connectivity index (χ1n) is 12.4. The molecule has 190 valence electrons. The molecule has 0 atom stereocenters. The number of nitrogens with two attached hydrogens (primary N) is 1. The number of fused-ring (bicyclic) bond motifs is 1. The van der Waals surface area contributed by atoms with Crippen molar-refractivity contribution >= 4 is 38.6 Å². The first kappa shape index (κ1) is 25.4. The number of piperidine rings is 1. The molecule has 1 aromatic heterocycles. The maximum atomic E-state index is 12.3. The maximum absolute atomic E-state index is 12.3. The third-order valence-electron chi connectivity index (χ3n) is 7.29. The smallest absolute Gasteiger partial charge is 0.250 e. The largest absolute Gasteiger partial charge is 0.389 e. The fourth-order valence-corrected chi connectivity index (χ4v) is 6.06. The van der Waals surface area contributed by atoms with Crippen LogP contribution in [0.1, 0.15) is 66.4 Å². The number of rotatable bonds is 11. The van der Waals surface area contributed by atoms with E-state index in [-0.39, 0.29) is 11.7 Å². The Morgan fingerprint density at radius 3 is 2.57 bits per heavy atom. The SMILES string of the molecule is CCS(=O)(=O)N1CCC(c2c[nH]c3c(C(N)=O)cc(/C(C=N)=C/NCCNC4CCC4)cc23)CC1. The summed E-state index contributed by atoms with van der Waals surface area (Å²) >= 11 is 0. The van der Waals surface area contributed by atoms with Crippen molar-refractivity contribution < 1.29 is 13.2 Å². The van der Waals surface area contributed by atoms with Gasteiger partial charge in [-0.1, -0.05) is 6.42 Å². The molecule has 1 aliphatic carbocycles. The lowest BCUT2D eigenvalue weighted by molar-refractivity contribution is 0.100. The van der Waals surface area contributed by atoms with Crippen LogP contribution in [0.3, 0.4) is 0 Å². The third kappa shape index (κ3) is 5.60. The second-order valence-corrected chi connectivity index (χ2v) is 11.7. The number of carbonyl (C=O) groups excluding carboxylic acids is 1. The predicted molar refractivity (Wildman–Crippen MR) is 140 cm³/mol. The minimum absolute atomic E-state index is 0.111.